The number of hydrogen-bond donors (Lipinski definition) is 1. The van der Waals surface area contributed by atoms with Crippen molar-refractivity contribution in [1.29, 1.82) is 5.26 Å². The summed E-state index contributed by atoms with van der Waals surface area (Å²) in [6, 6.07) is 14.2. The minimum absolute atomic E-state index is 0.0175. The van der Waals surface area contributed by atoms with Crippen molar-refractivity contribution in [1.82, 2.24) is 14.9 Å². The molecule has 2 aliphatic rings. The highest BCUT2D eigenvalue weighted by molar-refractivity contribution is 5.63. The van der Waals surface area contributed by atoms with Gasteiger partial charge in [0, 0.05) is 49.9 Å². The van der Waals surface area contributed by atoms with E-state index in [2.05, 4.69) is 28.2 Å². The van der Waals surface area contributed by atoms with Gasteiger partial charge in [-0.25, -0.2) is 9.37 Å². The maximum absolute atomic E-state index is 13.6. The van der Waals surface area contributed by atoms with Gasteiger partial charge in [-0.2, -0.15) is 10.2 Å². The van der Waals surface area contributed by atoms with Crippen molar-refractivity contribution >= 4 is 17.5 Å². The van der Waals surface area contributed by atoms with E-state index in [4.69, 9.17) is 14.7 Å². The molecule has 1 aromatic heterocycles. The molecule has 0 aliphatic carbocycles. The standard InChI is InChI=1S/C26H25FN6O/c1-32-15-21(17-5-8-19(27)9-6-17)24-22(16-32)25-31-26(30-24)29-20-10-7-18(14-28)23(13-20)34-12-4-3-11-33(25)2/h3-10,13,21H,11-12,15-16H2,1-2H3,(H,29,30,31)/b4-3-. The monoisotopic (exact) mass is 456 g/mol. The van der Waals surface area contributed by atoms with E-state index in [0.717, 1.165) is 41.4 Å². The Morgan fingerprint density at radius 1 is 1.12 bits per heavy atom. The fraction of sp³-hybridized carbons (Fsp3) is 0.269. The molecular weight excluding hydrogens is 431 g/mol. The Morgan fingerprint density at radius 3 is 2.74 bits per heavy atom. The number of halogens is 1. The van der Waals surface area contributed by atoms with Crippen LogP contribution in [0.2, 0.25) is 0 Å². The highest BCUT2D eigenvalue weighted by atomic mass is 19.1. The minimum Gasteiger partial charge on any atom is -0.488 e. The second-order valence-electron chi connectivity index (χ2n) is 8.65. The Morgan fingerprint density at radius 2 is 1.94 bits per heavy atom. The summed E-state index contributed by atoms with van der Waals surface area (Å²) in [7, 11) is 4.08. The highest BCUT2D eigenvalue weighted by Crippen LogP contribution is 2.37. The van der Waals surface area contributed by atoms with E-state index in [0.29, 0.717) is 30.4 Å². The second kappa shape index (κ2) is 9.12. The summed E-state index contributed by atoms with van der Waals surface area (Å²) in [5, 5.41) is 12.7. The Balaban J connectivity index is 1.65. The van der Waals surface area contributed by atoms with Crippen molar-refractivity contribution in [2.45, 2.75) is 12.5 Å². The largest absolute Gasteiger partial charge is 0.488 e. The van der Waals surface area contributed by atoms with Gasteiger partial charge in [-0.15, -0.1) is 0 Å². The molecule has 172 valence electrons. The molecule has 0 saturated carbocycles. The summed E-state index contributed by atoms with van der Waals surface area (Å²) in [6.07, 6.45) is 3.97. The lowest BCUT2D eigenvalue weighted by atomic mass is 9.88. The third-order valence-electron chi connectivity index (χ3n) is 6.14. The van der Waals surface area contributed by atoms with Crippen molar-refractivity contribution in [2.75, 3.05) is 44.0 Å². The molecule has 5 rings (SSSR count). The molecule has 0 spiro atoms. The van der Waals surface area contributed by atoms with Crippen molar-refractivity contribution in [3.63, 3.8) is 0 Å². The second-order valence-corrected chi connectivity index (χ2v) is 8.65. The zero-order valence-corrected chi connectivity index (χ0v) is 19.1. The van der Waals surface area contributed by atoms with E-state index in [9.17, 15) is 9.65 Å². The fourth-order valence-corrected chi connectivity index (χ4v) is 4.46. The molecule has 8 heteroatoms. The highest BCUT2D eigenvalue weighted by Gasteiger charge is 2.31. The Kier molecular flexibility index (Phi) is 5.86. The van der Waals surface area contributed by atoms with Crippen LogP contribution in [0, 0.1) is 17.1 Å². The van der Waals surface area contributed by atoms with Crippen LogP contribution in [0.1, 0.15) is 28.3 Å². The van der Waals surface area contributed by atoms with Crippen LogP contribution in [0.5, 0.6) is 5.75 Å². The summed E-state index contributed by atoms with van der Waals surface area (Å²) in [4.78, 5) is 14.2. The quantitative estimate of drug-likeness (QED) is 0.550. The number of ether oxygens (including phenoxy) is 1. The smallest absolute Gasteiger partial charge is 0.229 e. The average Bonchev–Trinajstić information content (AvgIpc) is 2.84. The molecule has 34 heavy (non-hydrogen) atoms. The molecule has 0 fully saturated rings. The molecule has 0 radical (unpaired) electrons. The van der Waals surface area contributed by atoms with E-state index >= 15 is 0 Å². The maximum Gasteiger partial charge on any atom is 0.229 e. The van der Waals surface area contributed by atoms with Crippen LogP contribution in [0.25, 0.3) is 0 Å². The van der Waals surface area contributed by atoms with Crippen LogP contribution in [-0.4, -0.2) is 48.7 Å². The molecule has 2 aliphatic heterocycles. The SMILES string of the molecule is CN1Cc2c(nc3nc2N(C)C/C=C\COc2cc(ccc2C#N)N3)C(c2ccc(F)cc2)C1. The van der Waals surface area contributed by atoms with Gasteiger partial charge in [-0.1, -0.05) is 18.2 Å². The number of hydrogen-bond acceptors (Lipinski definition) is 7. The topological polar surface area (TPSA) is 77.3 Å². The van der Waals surface area contributed by atoms with Crippen molar-refractivity contribution in [3.8, 4) is 11.8 Å². The van der Waals surface area contributed by atoms with E-state index in [1.807, 2.05) is 37.4 Å². The molecule has 1 unspecified atom stereocenters. The van der Waals surface area contributed by atoms with Gasteiger partial charge in [-0.05, 0) is 43.0 Å². The Hall–Kier alpha value is -3.96. The molecule has 3 heterocycles. The fourth-order valence-electron chi connectivity index (χ4n) is 4.46. The molecule has 3 aromatic rings. The summed E-state index contributed by atoms with van der Waals surface area (Å²) in [5.41, 5.74) is 4.22. The number of nitrogens with zero attached hydrogens (tertiary/aromatic N) is 5. The van der Waals surface area contributed by atoms with E-state index in [1.165, 1.54) is 12.1 Å². The number of likely N-dealkylation sites (N-methyl/N-ethyl adjacent to an activating group) is 2. The van der Waals surface area contributed by atoms with E-state index < -0.39 is 0 Å². The first-order chi connectivity index (χ1) is 16.5. The zero-order chi connectivity index (χ0) is 23.7. The van der Waals surface area contributed by atoms with Crippen LogP contribution >= 0.6 is 0 Å². The van der Waals surface area contributed by atoms with Crippen LogP contribution in [0.15, 0.2) is 54.6 Å². The van der Waals surface area contributed by atoms with Gasteiger partial charge in [-0.3, -0.25) is 0 Å². The van der Waals surface area contributed by atoms with Gasteiger partial charge in [0.05, 0.1) is 11.3 Å². The number of nitriles is 1. The summed E-state index contributed by atoms with van der Waals surface area (Å²) < 4.78 is 19.5. The summed E-state index contributed by atoms with van der Waals surface area (Å²) in [5.74, 6) is 1.56. The Labute approximate surface area is 198 Å². The first kappa shape index (κ1) is 21.9. The summed E-state index contributed by atoms with van der Waals surface area (Å²) in [6.45, 7) is 2.50. The normalized spacial score (nSPS) is 18.8. The molecule has 4 bridgehead atoms. The lowest BCUT2D eigenvalue weighted by Crippen LogP contribution is -2.34. The predicted octanol–water partition coefficient (Wildman–Crippen LogP) is 4.19. The molecule has 7 nitrogen and oxygen atoms in total. The number of rotatable bonds is 1. The molecule has 0 amide bonds. The van der Waals surface area contributed by atoms with Gasteiger partial charge in [0.1, 0.15) is 30.1 Å². The Bertz CT molecular complexity index is 1280. The number of aromatic nitrogens is 2. The van der Waals surface area contributed by atoms with Gasteiger partial charge >= 0.3 is 0 Å². The van der Waals surface area contributed by atoms with Crippen LogP contribution < -0.4 is 15.0 Å². The third-order valence-corrected chi connectivity index (χ3v) is 6.14. The van der Waals surface area contributed by atoms with Crippen LogP contribution in [0.3, 0.4) is 0 Å². The van der Waals surface area contributed by atoms with Crippen molar-refractivity contribution in [3.05, 3.63) is 82.8 Å². The number of anilines is 3. The van der Waals surface area contributed by atoms with E-state index in [-0.39, 0.29) is 11.7 Å². The van der Waals surface area contributed by atoms with Gasteiger partial charge < -0.3 is 19.9 Å². The molecule has 1 N–H and O–H groups in total. The van der Waals surface area contributed by atoms with E-state index in [1.54, 1.807) is 12.1 Å². The summed E-state index contributed by atoms with van der Waals surface area (Å²) >= 11 is 0. The van der Waals surface area contributed by atoms with Gasteiger partial charge in [0.25, 0.3) is 0 Å². The molecule has 1 atom stereocenters. The van der Waals surface area contributed by atoms with Crippen molar-refractivity contribution in [2.24, 2.45) is 0 Å². The number of nitrogens with one attached hydrogen (secondary N) is 1. The van der Waals surface area contributed by atoms with Crippen LogP contribution in [0.4, 0.5) is 21.8 Å². The lowest BCUT2D eigenvalue weighted by Gasteiger charge is -2.34. The van der Waals surface area contributed by atoms with Crippen LogP contribution in [-0.2, 0) is 6.54 Å². The first-order valence-corrected chi connectivity index (χ1v) is 11.2. The number of fused-ring (bicyclic) bond motifs is 6. The molecule has 2 aromatic carbocycles. The average molecular weight is 457 g/mol. The predicted molar refractivity (Wildman–Crippen MR) is 129 cm³/mol. The number of benzene rings is 2. The zero-order valence-electron chi connectivity index (χ0n) is 19.1. The lowest BCUT2D eigenvalue weighted by molar-refractivity contribution is 0.291. The molecule has 0 saturated heterocycles. The van der Waals surface area contributed by atoms with Gasteiger partial charge in [0.2, 0.25) is 5.95 Å². The van der Waals surface area contributed by atoms with Gasteiger partial charge in [0.15, 0.2) is 0 Å². The maximum atomic E-state index is 13.6. The third kappa shape index (κ3) is 4.30. The first-order valence-electron chi connectivity index (χ1n) is 11.2. The minimum atomic E-state index is -0.255. The van der Waals surface area contributed by atoms with Crippen molar-refractivity contribution < 1.29 is 9.13 Å². The molecular formula is C26H25FN6O.